The molecule has 0 fully saturated rings. The molecule has 92 valence electrons. The first-order valence-corrected chi connectivity index (χ1v) is 6.01. The van der Waals surface area contributed by atoms with Crippen LogP contribution >= 0.6 is 0 Å². The minimum absolute atomic E-state index is 0.0250. The molecule has 0 unspecified atom stereocenters. The zero-order chi connectivity index (χ0) is 12.7. The van der Waals surface area contributed by atoms with Crippen molar-refractivity contribution >= 4 is 10.9 Å². The molecule has 0 saturated carbocycles. The van der Waals surface area contributed by atoms with Crippen LogP contribution in [0.3, 0.4) is 0 Å². The smallest absolute Gasteiger partial charge is 0.259 e. The molecule has 0 bridgehead atoms. The third-order valence-electron chi connectivity index (χ3n) is 3.06. The van der Waals surface area contributed by atoms with E-state index in [0.717, 1.165) is 22.3 Å². The highest BCUT2D eigenvalue weighted by atomic mass is 16.1. The van der Waals surface area contributed by atoms with Gasteiger partial charge in [0.2, 0.25) is 0 Å². The van der Waals surface area contributed by atoms with Crippen molar-refractivity contribution in [3.8, 4) is 0 Å². The van der Waals surface area contributed by atoms with E-state index in [1.807, 2.05) is 13.1 Å². The van der Waals surface area contributed by atoms with Gasteiger partial charge in [0, 0.05) is 12.7 Å². The van der Waals surface area contributed by atoms with E-state index in [1.165, 1.54) is 0 Å². The summed E-state index contributed by atoms with van der Waals surface area (Å²) in [4.78, 5) is 15.1. The maximum absolute atomic E-state index is 12.1. The van der Waals surface area contributed by atoms with Crippen LogP contribution in [-0.2, 0) is 7.05 Å². The Kier molecular flexibility index (Phi) is 2.81. The molecular formula is C13H19N3O. The number of H-pyrrole nitrogens is 1. The normalized spacial score (nSPS) is 11.9. The number of aryl methyl sites for hydroxylation is 1. The number of pyridine rings is 1. The van der Waals surface area contributed by atoms with E-state index in [0.29, 0.717) is 5.92 Å². The summed E-state index contributed by atoms with van der Waals surface area (Å²) in [6.07, 6.45) is 0. The molecule has 0 atom stereocenters. The van der Waals surface area contributed by atoms with E-state index >= 15 is 0 Å². The lowest BCUT2D eigenvalue weighted by molar-refractivity contribution is 0.728. The van der Waals surface area contributed by atoms with Gasteiger partial charge < -0.3 is 4.98 Å². The molecular weight excluding hydrogens is 214 g/mol. The Morgan fingerprint density at radius 2 is 1.88 bits per heavy atom. The van der Waals surface area contributed by atoms with Gasteiger partial charge in [0.1, 0.15) is 0 Å². The fourth-order valence-corrected chi connectivity index (χ4v) is 2.05. The summed E-state index contributed by atoms with van der Waals surface area (Å²) < 4.78 is 1.80. The molecule has 0 amide bonds. The quantitative estimate of drug-likeness (QED) is 0.866. The van der Waals surface area contributed by atoms with Crippen molar-refractivity contribution in [3.63, 3.8) is 0 Å². The minimum Gasteiger partial charge on any atom is -0.325 e. The molecule has 4 heteroatoms. The zero-order valence-electron chi connectivity index (χ0n) is 11.0. The fourth-order valence-electron chi connectivity index (χ4n) is 2.05. The Bertz CT molecular complexity index is 605. The topological polar surface area (TPSA) is 50.7 Å². The van der Waals surface area contributed by atoms with Gasteiger partial charge in [-0.05, 0) is 17.9 Å². The summed E-state index contributed by atoms with van der Waals surface area (Å²) in [6, 6.07) is 2.03. The molecule has 2 aromatic rings. The number of aromatic amines is 1. The maximum atomic E-state index is 12.1. The largest absolute Gasteiger partial charge is 0.325 e. The number of hydrogen-bond acceptors (Lipinski definition) is 2. The van der Waals surface area contributed by atoms with Crippen molar-refractivity contribution in [2.75, 3.05) is 0 Å². The number of aromatic nitrogens is 3. The van der Waals surface area contributed by atoms with E-state index < -0.39 is 0 Å². The van der Waals surface area contributed by atoms with Crippen LogP contribution in [-0.4, -0.2) is 14.8 Å². The van der Waals surface area contributed by atoms with Crippen LogP contribution < -0.4 is 5.56 Å². The highest BCUT2D eigenvalue weighted by Crippen LogP contribution is 2.23. The molecule has 0 aliphatic rings. The van der Waals surface area contributed by atoms with Crippen molar-refractivity contribution < 1.29 is 0 Å². The first kappa shape index (κ1) is 11.9. The van der Waals surface area contributed by atoms with E-state index in [-0.39, 0.29) is 11.5 Å². The van der Waals surface area contributed by atoms with Gasteiger partial charge in [-0.1, -0.05) is 27.7 Å². The molecule has 4 nitrogen and oxygen atoms in total. The van der Waals surface area contributed by atoms with Crippen LogP contribution in [0.2, 0.25) is 0 Å². The minimum atomic E-state index is -0.0250. The summed E-state index contributed by atoms with van der Waals surface area (Å²) in [6.45, 7) is 8.24. The number of fused-ring (bicyclic) bond motifs is 1. The highest BCUT2D eigenvalue weighted by molar-refractivity contribution is 5.81. The molecule has 2 aromatic heterocycles. The van der Waals surface area contributed by atoms with E-state index in [2.05, 4.69) is 37.8 Å². The maximum Gasteiger partial charge on any atom is 0.259 e. The second-order valence-corrected chi connectivity index (χ2v) is 5.13. The summed E-state index contributed by atoms with van der Waals surface area (Å²) in [7, 11) is 1.89. The number of nitrogens with zero attached hydrogens (tertiary/aromatic N) is 2. The average molecular weight is 233 g/mol. The third kappa shape index (κ3) is 1.88. The third-order valence-corrected chi connectivity index (χ3v) is 3.06. The first-order valence-electron chi connectivity index (χ1n) is 6.01. The summed E-state index contributed by atoms with van der Waals surface area (Å²) in [5.41, 5.74) is 2.73. The second-order valence-electron chi connectivity index (χ2n) is 5.13. The lowest BCUT2D eigenvalue weighted by Gasteiger charge is -2.05. The van der Waals surface area contributed by atoms with Gasteiger partial charge in [0.15, 0.2) is 0 Å². The SMILES string of the molecule is CC(C)c1cc2c(c(C(C)C)nn2C)c(=O)[nH]1. The van der Waals surface area contributed by atoms with Gasteiger partial charge in [0.25, 0.3) is 5.56 Å². The Morgan fingerprint density at radius 3 is 2.41 bits per heavy atom. The molecule has 0 radical (unpaired) electrons. The van der Waals surface area contributed by atoms with Gasteiger partial charge >= 0.3 is 0 Å². The molecule has 0 aliphatic carbocycles. The van der Waals surface area contributed by atoms with Crippen molar-refractivity contribution in [1.29, 1.82) is 0 Å². The number of hydrogen-bond donors (Lipinski definition) is 1. The molecule has 1 N–H and O–H groups in total. The van der Waals surface area contributed by atoms with Crippen LogP contribution in [0.1, 0.15) is 50.9 Å². The van der Waals surface area contributed by atoms with Gasteiger partial charge in [-0.2, -0.15) is 5.10 Å². The van der Waals surface area contributed by atoms with Crippen molar-refractivity contribution in [1.82, 2.24) is 14.8 Å². The Labute approximate surface area is 101 Å². The van der Waals surface area contributed by atoms with Crippen molar-refractivity contribution in [2.45, 2.75) is 39.5 Å². The van der Waals surface area contributed by atoms with Gasteiger partial charge in [-0.25, -0.2) is 0 Å². The lowest BCUT2D eigenvalue weighted by atomic mass is 10.0. The van der Waals surface area contributed by atoms with Crippen LogP contribution in [0.25, 0.3) is 10.9 Å². The summed E-state index contributed by atoms with van der Waals surface area (Å²) in [5.74, 6) is 0.564. The van der Waals surface area contributed by atoms with Crippen LogP contribution in [0.15, 0.2) is 10.9 Å². The summed E-state index contributed by atoms with van der Waals surface area (Å²) >= 11 is 0. The molecule has 0 aliphatic heterocycles. The average Bonchev–Trinajstić information content (AvgIpc) is 2.57. The highest BCUT2D eigenvalue weighted by Gasteiger charge is 2.16. The van der Waals surface area contributed by atoms with Gasteiger partial charge in [0.05, 0.1) is 16.6 Å². The lowest BCUT2D eigenvalue weighted by Crippen LogP contribution is -2.11. The van der Waals surface area contributed by atoms with Crippen molar-refractivity contribution in [3.05, 3.63) is 27.8 Å². The van der Waals surface area contributed by atoms with E-state index in [1.54, 1.807) is 4.68 Å². The monoisotopic (exact) mass is 233 g/mol. The second kappa shape index (κ2) is 4.02. The molecule has 0 saturated heterocycles. The predicted molar refractivity (Wildman–Crippen MR) is 69.5 cm³/mol. The van der Waals surface area contributed by atoms with Crippen molar-refractivity contribution in [2.24, 2.45) is 7.05 Å². The van der Waals surface area contributed by atoms with Crippen LogP contribution in [0.5, 0.6) is 0 Å². The molecule has 17 heavy (non-hydrogen) atoms. The Hall–Kier alpha value is -1.58. The van der Waals surface area contributed by atoms with Gasteiger partial charge in [-0.15, -0.1) is 0 Å². The summed E-state index contributed by atoms with van der Waals surface area (Å²) in [5, 5.41) is 5.18. The Balaban J connectivity index is 2.83. The number of nitrogens with one attached hydrogen (secondary N) is 1. The van der Waals surface area contributed by atoms with Crippen LogP contribution in [0, 0.1) is 0 Å². The first-order chi connectivity index (χ1) is 7.91. The van der Waals surface area contributed by atoms with Crippen LogP contribution in [0.4, 0.5) is 0 Å². The zero-order valence-corrected chi connectivity index (χ0v) is 11.0. The fraction of sp³-hybridized carbons (Fsp3) is 0.538. The van der Waals surface area contributed by atoms with E-state index in [4.69, 9.17) is 0 Å². The predicted octanol–water partition coefficient (Wildman–Crippen LogP) is 2.51. The van der Waals surface area contributed by atoms with E-state index in [9.17, 15) is 4.79 Å². The Morgan fingerprint density at radius 1 is 1.24 bits per heavy atom. The number of rotatable bonds is 2. The standard InChI is InChI=1S/C13H19N3O/c1-7(2)9-6-10-11(13(17)14-9)12(8(3)4)15-16(10)5/h6-8H,1-5H3,(H,14,17). The molecule has 2 rings (SSSR count). The molecule has 0 spiro atoms. The molecule has 0 aromatic carbocycles. The van der Waals surface area contributed by atoms with Gasteiger partial charge in [-0.3, -0.25) is 9.48 Å². The molecule has 2 heterocycles.